The number of rotatable bonds is 5. The van der Waals surface area contributed by atoms with Crippen molar-refractivity contribution >= 4 is 5.91 Å². The third-order valence-electron chi connectivity index (χ3n) is 4.53. The van der Waals surface area contributed by atoms with Crippen molar-refractivity contribution in [2.45, 2.75) is 19.5 Å². The molecule has 2 heterocycles. The number of hydrogen-bond donors (Lipinski definition) is 0. The van der Waals surface area contributed by atoms with Crippen LogP contribution in [0.15, 0.2) is 42.7 Å². The van der Waals surface area contributed by atoms with Crippen LogP contribution >= 0.6 is 0 Å². The summed E-state index contributed by atoms with van der Waals surface area (Å²) < 4.78 is 6.90. The molecule has 2 aromatic rings. The van der Waals surface area contributed by atoms with Gasteiger partial charge in [0, 0.05) is 45.1 Å². The van der Waals surface area contributed by atoms with E-state index in [1.807, 2.05) is 36.2 Å². The zero-order valence-electron chi connectivity index (χ0n) is 14.3. The average Bonchev–Trinajstić information content (AvgIpc) is 3.16. The zero-order chi connectivity index (χ0) is 16.9. The first-order valence-corrected chi connectivity index (χ1v) is 8.30. The van der Waals surface area contributed by atoms with Gasteiger partial charge >= 0.3 is 0 Å². The van der Waals surface area contributed by atoms with E-state index in [4.69, 9.17) is 4.74 Å². The second-order valence-electron chi connectivity index (χ2n) is 6.11. The van der Waals surface area contributed by atoms with Crippen molar-refractivity contribution in [2.24, 2.45) is 0 Å². The maximum atomic E-state index is 12.6. The fourth-order valence-electron chi connectivity index (χ4n) is 3.00. The minimum Gasteiger partial charge on any atom is -0.497 e. The number of nitrogens with zero attached hydrogens (tertiary/aromatic N) is 4. The normalized spacial score (nSPS) is 16.8. The number of piperazine rings is 1. The minimum absolute atomic E-state index is 0.141. The molecule has 1 aromatic heterocycles. The molecule has 0 bridgehead atoms. The Morgan fingerprint density at radius 1 is 1.21 bits per heavy atom. The van der Waals surface area contributed by atoms with Crippen LogP contribution in [0.3, 0.4) is 0 Å². The molecular formula is C18H24N4O2. The molecule has 1 amide bonds. The Hall–Kier alpha value is -2.34. The predicted octanol–water partition coefficient (Wildman–Crippen LogP) is 1.80. The second kappa shape index (κ2) is 7.49. The van der Waals surface area contributed by atoms with E-state index in [9.17, 15) is 4.79 Å². The third kappa shape index (κ3) is 3.76. The Bertz CT molecular complexity index is 646. The van der Waals surface area contributed by atoms with Crippen LogP contribution in [-0.2, 0) is 11.3 Å². The second-order valence-corrected chi connectivity index (χ2v) is 6.11. The summed E-state index contributed by atoms with van der Waals surface area (Å²) in [6.45, 7) is 6.12. The topological polar surface area (TPSA) is 50.6 Å². The van der Waals surface area contributed by atoms with Crippen molar-refractivity contribution in [3.8, 4) is 5.75 Å². The van der Waals surface area contributed by atoms with Crippen LogP contribution in [0.5, 0.6) is 5.75 Å². The Morgan fingerprint density at radius 3 is 2.50 bits per heavy atom. The van der Waals surface area contributed by atoms with Crippen LogP contribution in [0, 0.1) is 0 Å². The number of amides is 1. The minimum atomic E-state index is -0.242. The van der Waals surface area contributed by atoms with Gasteiger partial charge < -0.3 is 9.64 Å². The summed E-state index contributed by atoms with van der Waals surface area (Å²) >= 11 is 0. The van der Waals surface area contributed by atoms with Gasteiger partial charge in [-0.2, -0.15) is 5.10 Å². The molecule has 0 radical (unpaired) electrons. The lowest BCUT2D eigenvalue weighted by Gasteiger charge is -2.36. The summed E-state index contributed by atoms with van der Waals surface area (Å²) in [7, 11) is 1.68. The Kier molecular flexibility index (Phi) is 5.15. The monoisotopic (exact) mass is 328 g/mol. The van der Waals surface area contributed by atoms with E-state index < -0.39 is 0 Å². The van der Waals surface area contributed by atoms with Crippen LogP contribution in [0.4, 0.5) is 0 Å². The molecule has 6 nitrogen and oxygen atoms in total. The van der Waals surface area contributed by atoms with Gasteiger partial charge in [-0.05, 0) is 30.7 Å². The first-order valence-electron chi connectivity index (χ1n) is 8.30. The molecule has 1 saturated heterocycles. The summed E-state index contributed by atoms with van der Waals surface area (Å²) in [4.78, 5) is 16.9. The number of methoxy groups -OCH3 is 1. The fraction of sp³-hybridized carbons (Fsp3) is 0.444. The molecule has 24 heavy (non-hydrogen) atoms. The van der Waals surface area contributed by atoms with E-state index in [0.717, 1.165) is 38.5 Å². The Balaban J connectivity index is 1.50. The van der Waals surface area contributed by atoms with Gasteiger partial charge in [0.1, 0.15) is 11.8 Å². The van der Waals surface area contributed by atoms with Crippen molar-refractivity contribution in [3.63, 3.8) is 0 Å². The van der Waals surface area contributed by atoms with E-state index in [-0.39, 0.29) is 11.9 Å². The summed E-state index contributed by atoms with van der Waals surface area (Å²) in [6.07, 6.45) is 3.54. The van der Waals surface area contributed by atoms with Crippen LogP contribution in [-0.4, -0.2) is 58.8 Å². The van der Waals surface area contributed by atoms with Gasteiger partial charge in [0.05, 0.1) is 7.11 Å². The third-order valence-corrected chi connectivity index (χ3v) is 4.53. The van der Waals surface area contributed by atoms with Crippen LogP contribution < -0.4 is 4.74 Å². The summed E-state index contributed by atoms with van der Waals surface area (Å²) in [6, 6.07) is 9.76. The van der Waals surface area contributed by atoms with Crippen molar-refractivity contribution in [3.05, 3.63) is 48.3 Å². The highest BCUT2D eigenvalue weighted by Crippen LogP contribution is 2.15. The number of ether oxygens (including phenoxy) is 1. The predicted molar refractivity (Wildman–Crippen MR) is 91.8 cm³/mol. The first-order chi connectivity index (χ1) is 11.7. The van der Waals surface area contributed by atoms with Crippen molar-refractivity contribution in [1.29, 1.82) is 0 Å². The Labute approximate surface area is 142 Å². The molecule has 3 rings (SSSR count). The summed E-state index contributed by atoms with van der Waals surface area (Å²) in [5.41, 5.74) is 1.26. The van der Waals surface area contributed by atoms with E-state index >= 15 is 0 Å². The van der Waals surface area contributed by atoms with E-state index in [1.54, 1.807) is 18.0 Å². The van der Waals surface area contributed by atoms with Gasteiger partial charge in [0.2, 0.25) is 5.91 Å². The standard InChI is InChI=1S/C18H24N4O2/c1-15(22-9-3-8-19-22)18(23)21-12-10-20(11-13-21)14-16-4-6-17(24-2)7-5-16/h3-9,15H,10-14H2,1-2H3/t15-/m0/s1. The largest absolute Gasteiger partial charge is 0.497 e. The molecule has 0 spiro atoms. The number of aromatic nitrogens is 2. The molecule has 0 N–H and O–H groups in total. The molecule has 1 aliphatic heterocycles. The van der Waals surface area contributed by atoms with Gasteiger partial charge in [-0.15, -0.1) is 0 Å². The van der Waals surface area contributed by atoms with Gasteiger partial charge in [-0.1, -0.05) is 12.1 Å². The number of carbonyl (C=O) groups is 1. The molecule has 6 heteroatoms. The van der Waals surface area contributed by atoms with E-state index in [2.05, 4.69) is 22.1 Å². The molecule has 1 aromatic carbocycles. The van der Waals surface area contributed by atoms with Gasteiger partial charge in [0.15, 0.2) is 0 Å². The van der Waals surface area contributed by atoms with Crippen molar-refractivity contribution < 1.29 is 9.53 Å². The molecule has 1 aliphatic rings. The lowest BCUT2D eigenvalue weighted by atomic mass is 10.2. The smallest absolute Gasteiger partial charge is 0.247 e. The van der Waals surface area contributed by atoms with Gasteiger partial charge in [0.25, 0.3) is 0 Å². The summed E-state index contributed by atoms with van der Waals surface area (Å²) in [5, 5.41) is 4.17. The van der Waals surface area contributed by atoms with Gasteiger partial charge in [-0.3, -0.25) is 14.4 Å². The molecule has 1 atom stereocenters. The number of benzene rings is 1. The lowest BCUT2D eigenvalue weighted by Crippen LogP contribution is -2.49. The Morgan fingerprint density at radius 2 is 1.92 bits per heavy atom. The van der Waals surface area contributed by atoms with Crippen molar-refractivity contribution in [2.75, 3.05) is 33.3 Å². The molecule has 1 fully saturated rings. The molecule has 0 saturated carbocycles. The highest BCUT2D eigenvalue weighted by Gasteiger charge is 2.25. The van der Waals surface area contributed by atoms with Gasteiger partial charge in [-0.25, -0.2) is 0 Å². The molecule has 128 valence electrons. The fourth-order valence-corrected chi connectivity index (χ4v) is 3.00. The van der Waals surface area contributed by atoms with Crippen LogP contribution in [0.25, 0.3) is 0 Å². The average molecular weight is 328 g/mol. The van der Waals surface area contributed by atoms with Crippen LogP contribution in [0.1, 0.15) is 18.5 Å². The highest BCUT2D eigenvalue weighted by molar-refractivity contribution is 5.80. The zero-order valence-corrected chi connectivity index (χ0v) is 14.3. The number of hydrogen-bond acceptors (Lipinski definition) is 4. The maximum Gasteiger partial charge on any atom is 0.247 e. The lowest BCUT2D eigenvalue weighted by molar-refractivity contribution is -0.136. The highest BCUT2D eigenvalue weighted by atomic mass is 16.5. The summed E-state index contributed by atoms with van der Waals surface area (Å²) in [5.74, 6) is 1.02. The van der Waals surface area contributed by atoms with E-state index in [1.165, 1.54) is 5.56 Å². The van der Waals surface area contributed by atoms with Crippen molar-refractivity contribution in [1.82, 2.24) is 19.6 Å². The quantitative estimate of drug-likeness (QED) is 0.840. The molecule has 0 aliphatic carbocycles. The molecular weight excluding hydrogens is 304 g/mol. The van der Waals surface area contributed by atoms with E-state index in [0.29, 0.717) is 0 Å². The number of carbonyl (C=O) groups excluding carboxylic acids is 1. The molecule has 0 unspecified atom stereocenters. The first kappa shape index (κ1) is 16.5. The SMILES string of the molecule is COc1ccc(CN2CCN(C(=O)[C@H](C)n3cccn3)CC2)cc1. The maximum absolute atomic E-state index is 12.6. The van der Waals surface area contributed by atoms with Crippen LogP contribution in [0.2, 0.25) is 0 Å².